The summed E-state index contributed by atoms with van der Waals surface area (Å²) in [5.41, 5.74) is -0.541. The van der Waals surface area contributed by atoms with E-state index in [1.54, 1.807) is 39.0 Å². The average Bonchev–Trinajstić information content (AvgIpc) is 2.42. The molecule has 7 heteroatoms. The fourth-order valence-corrected chi connectivity index (χ4v) is 1.62. The Hall–Kier alpha value is -2.44. The van der Waals surface area contributed by atoms with Crippen LogP contribution in [0.25, 0.3) is 0 Å². The van der Waals surface area contributed by atoms with Crippen molar-refractivity contribution in [2.24, 2.45) is 0 Å². The first-order chi connectivity index (χ1) is 10.7. The minimum atomic E-state index is -0.541. The molecule has 1 aromatic carbocycles. The monoisotopic (exact) mass is 325 g/mol. The lowest BCUT2D eigenvalue weighted by Gasteiger charge is -2.19. The molecule has 0 radical (unpaired) electrons. The molecule has 23 heavy (non-hydrogen) atoms. The van der Waals surface area contributed by atoms with Crippen LogP contribution in [-0.4, -0.2) is 37.9 Å². The normalized spacial score (nSPS) is 10.7. The van der Waals surface area contributed by atoms with E-state index in [0.717, 1.165) is 0 Å². The van der Waals surface area contributed by atoms with Gasteiger partial charge in [-0.1, -0.05) is 0 Å². The number of ether oxygens (including phenoxy) is 4. The minimum absolute atomic E-state index is 0.239. The molecule has 0 aliphatic rings. The van der Waals surface area contributed by atoms with Crippen LogP contribution in [0.5, 0.6) is 17.2 Å². The van der Waals surface area contributed by atoms with Gasteiger partial charge in [-0.05, 0) is 32.9 Å². The number of alkyl carbamates (subject to hydrolysis) is 1. The Kier molecular flexibility index (Phi) is 6.68. The van der Waals surface area contributed by atoms with Crippen LogP contribution >= 0.6 is 0 Å². The van der Waals surface area contributed by atoms with Crippen molar-refractivity contribution in [2.45, 2.75) is 33.3 Å². The molecule has 0 aliphatic carbocycles. The SMILES string of the molecule is COc1cc(OC(C)=O)ccc1OCCNC(=O)OC(C)(C)C. The molecular formula is C16H23NO6. The van der Waals surface area contributed by atoms with Gasteiger partial charge in [-0.25, -0.2) is 4.79 Å². The maximum absolute atomic E-state index is 11.5. The second-order valence-electron chi connectivity index (χ2n) is 5.68. The lowest BCUT2D eigenvalue weighted by molar-refractivity contribution is -0.131. The molecule has 7 nitrogen and oxygen atoms in total. The molecule has 0 aromatic heterocycles. The van der Waals surface area contributed by atoms with Crippen molar-refractivity contribution in [1.82, 2.24) is 5.32 Å². The Balaban J connectivity index is 2.48. The zero-order valence-corrected chi connectivity index (χ0v) is 14.1. The second kappa shape index (κ2) is 8.26. The van der Waals surface area contributed by atoms with Gasteiger partial charge < -0.3 is 24.3 Å². The molecule has 0 unspecified atom stereocenters. The van der Waals surface area contributed by atoms with E-state index in [1.165, 1.54) is 14.0 Å². The number of nitrogens with one attached hydrogen (secondary N) is 1. The van der Waals surface area contributed by atoms with E-state index < -0.39 is 17.7 Å². The predicted molar refractivity (Wildman–Crippen MR) is 84.0 cm³/mol. The summed E-state index contributed by atoms with van der Waals surface area (Å²) in [5, 5.41) is 2.59. The van der Waals surface area contributed by atoms with Crippen molar-refractivity contribution in [3.63, 3.8) is 0 Å². The molecule has 1 aromatic rings. The van der Waals surface area contributed by atoms with Crippen LogP contribution < -0.4 is 19.5 Å². The molecule has 0 atom stereocenters. The van der Waals surface area contributed by atoms with E-state index >= 15 is 0 Å². The number of carbonyl (C=O) groups excluding carboxylic acids is 2. The zero-order valence-electron chi connectivity index (χ0n) is 14.1. The smallest absolute Gasteiger partial charge is 0.407 e. The predicted octanol–water partition coefficient (Wildman–Crippen LogP) is 2.52. The lowest BCUT2D eigenvalue weighted by atomic mass is 10.2. The van der Waals surface area contributed by atoms with Crippen LogP contribution in [0.3, 0.4) is 0 Å². The highest BCUT2D eigenvalue weighted by Gasteiger charge is 2.15. The highest BCUT2D eigenvalue weighted by molar-refractivity contribution is 5.69. The van der Waals surface area contributed by atoms with Crippen LogP contribution in [0, 0.1) is 0 Å². The topological polar surface area (TPSA) is 83.1 Å². The van der Waals surface area contributed by atoms with Gasteiger partial charge in [0.2, 0.25) is 0 Å². The summed E-state index contributed by atoms with van der Waals surface area (Å²) in [4.78, 5) is 22.4. The molecule has 0 fully saturated rings. The van der Waals surface area contributed by atoms with E-state index in [-0.39, 0.29) is 13.2 Å². The Morgan fingerprint density at radius 2 is 1.87 bits per heavy atom. The zero-order chi connectivity index (χ0) is 17.5. The highest BCUT2D eigenvalue weighted by atomic mass is 16.6. The minimum Gasteiger partial charge on any atom is -0.493 e. The first kappa shape index (κ1) is 18.6. The van der Waals surface area contributed by atoms with Gasteiger partial charge in [-0.3, -0.25) is 4.79 Å². The van der Waals surface area contributed by atoms with Gasteiger partial charge in [0.15, 0.2) is 11.5 Å². The first-order valence-corrected chi connectivity index (χ1v) is 7.17. The summed E-state index contributed by atoms with van der Waals surface area (Å²) >= 11 is 0. The number of amides is 1. The van der Waals surface area contributed by atoms with Crippen LogP contribution in [-0.2, 0) is 9.53 Å². The van der Waals surface area contributed by atoms with Gasteiger partial charge in [0.1, 0.15) is 18.0 Å². The number of benzene rings is 1. The van der Waals surface area contributed by atoms with E-state index in [1.807, 2.05) is 0 Å². The molecule has 0 bridgehead atoms. The molecule has 1 amide bonds. The molecule has 128 valence electrons. The standard InChI is InChI=1S/C16H23NO6/c1-11(18)22-12-6-7-13(14(10-12)20-5)21-9-8-17-15(19)23-16(2,3)4/h6-7,10H,8-9H2,1-5H3,(H,17,19). The lowest BCUT2D eigenvalue weighted by Crippen LogP contribution is -2.34. The maximum Gasteiger partial charge on any atom is 0.407 e. The Bertz CT molecular complexity index is 550. The molecule has 1 rings (SSSR count). The first-order valence-electron chi connectivity index (χ1n) is 7.17. The largest absolute Gasteiger partial charge is 0.493 e. The van der Waals surface area contributed by atoms with Crippen molar-refractivity contribution in [3.8, 4) is 17.2 Å². The summed E-state index contributed by atoms with van der Waals surface area (Å²) in [6.07, 6.45) is -0.502. The number of hydrogen-bond donors (Lipinski definition) is 1. The van der Waals surface area contributed by atoms with E-state index in [2.05, 4.69) is 5.32 Å². The van der Waals surface area contributed by atoms with Crippen molar-refractivity contribution in [3.05, 3.63) is 18.2 Å². The molecule has 0 aliphatic heterocycles. The van der Waals surface area contributed by atoms with Crippen LogP contribution in [0.2, 0.25) is 0 Å². The number of carbonyl (C=O) groups is 2. The molecular weight excluding hydrogens is 302 g/mol. The summed E-state index contributed by atoms with van der Waals surface area (Å²) in [6.45, 7) is 7.21. The maximum atomic E-state index is 11.5. The average molecular weight is 325 g/mol. The van der Waals surface area contributed by atoms with Gasteiger partial charge in [0.25, 0.3) is 0 Å². The van der Waals surface area contributed by atoms with Gasteiger partial charge in [0.05, 0.1) is 13.7 Å². The highest BCUT2D eigenvalue weighted by Crippen LogP contribution is 2.31. The van der Waals surface area contributed by atoms with Crippen molar-refractivity contribution >= 4 is 12.1 Å². The van der Waals surface area contributed by atoms with E-state index in [9.17, 15) is 9.59 Å². The molecule has 0 spiro atoms. The fraction of sp³-hybridized carbons (Fsp3) is 0.500. The van der Waals surface area contributed by atoms with Crippen LogP contribution in [0.1, 0.15) is 27.7 Å². The third-order valence-electron chi connectivity index (χ3n) is 2.42. The van der Waals surface area contributed by atoms with Crippen molar-refractivity contribution in [2.75, 3.05) is 20.3 Å². The van der Waals surface area contributed by atoms with E-state index in [4.69, 9.17) is 18.9 Å². The summed E-state index contributed by atoms with van der Waals surface area (Å²) < 4.78 is 20.8. The molecule has 0 heterocycles. The summed E-state index contributed by atoms with van der Waals surface area (Å²) in [5.74, 6) is 0.867. The number of hydrogen-bond acceptors (Lipinski definition) is 6. The third kappa shape index (κ3) is 7.39. The van der Waals surface area contributed by atoms with Gasteiger partial charge >= 0.3 is 12.1 Å². The van der Waals surface area contributed by atoms with Crippen LogP contribution in [0.4, 0.5) is 4.79 Å². The number of esters is 1. The number of methoxy groups -OCH3 is 1. The third-order valence-corrected chi connectivity index (χ3v) is 2.42. The second-order valence-corrected chi connectivity index (χ2v) is 5.68. The van der Waals surface area contributed by atoms with Gasteiger partial charge in [-0.15, -0.1) is 0 Å². The van der Waals surface area contributed by atoms with Crippen molar-refractivity contribution < 1.29 is 28.5 Å². The Morgan fingerprint density at radius 3 is 2.43 bits per heavy atom. The number of rotatable bonds is 6. The molecule has 0 saturated heterocycles. The van der Waals surface area contributed by atoms with Gasteiger partial charge in [-0.2, -0.15) is 0 Å². The van der Waals surface area contributed by atoms with E-state index in [0.29, 0.717) is 17.2 Å². The molecule has 1 N–H and O–H groups in total. The fourth-order valence-electron chi connectivity index (χ4n) is 1.62. The summed E-state index contributed by atoms with van der Waals surface area (Å²) in [6, 6.07) is 4.78. The van der Waals surface area contributed by atoms with Crippen LogP contribution in [0.15, 0.2) is 18.2 Å². The Morgan fingerprint density at radius 1 is 1.17 bits per heavy atom. The van der Waals surface area contributed by atoms with Gasteiger partial charge in [0, 0.05) is 13.0 Å². The van der Waals surface area contributed by atoms with Crippen molar-refractivity contribution in [1.29, 1.82) is 0 Å². The summed E-state index contributed by atoms with van der Waals surface area (Å²) in [7, 11) is 1.48. The quantitative estimate of drug-likeness (QED) is 0.491. The Labute approximate surface area is 135 Å². The molecule has 0 saturated carbocycles.